The smallest absolute Gasteiger partial charge is 0.172 e. The Labute approximate surface area is 127 Å². The SMILES string of the molecule is CNc1nc(-c2cc(C)c(C)s2)nc2ccc(OC)cc12. The lowest BCUT2D eigenvalue weighted by Gasteiger charge is -2.08. The molecule has 0 spiro atoms. The predicted molar refractivity (Wildman–Crippen MR) is 88.4 cm³/mol. The van der Waals surface area contributed by atoms with Gasteiger partial charge in [-0.05, 0) is 43.7 Å². The third-order valence-corrected chi connectivity index (χ3v) is 4.67. The Hall–Kier alpha value is -2.14. The molecule has 21 heavy (non-hydrogen) atoms. The van der Waals surface area contributed by atoms with Gasteiger partial charge < -0.3 is 10.1 Å². The summed E-state index contributed by atoms with van der Waals surface area (Å²) in [4.78, 5) is 11.7. The van der Waals surface area contributed by atoms with E-state index in [1.54, 1.807) is 18.4 Å². The number of rotatable bonds is 3. The Morgan fingerprint density at radius 2 is 1.95 bits per heavy atom. The summed E-state index contributed by atoms with van der Waals surface area (Å²) in [5.74, 6) is 2.38. The maximum Gasteiger partial charge on any atom is 0.172 e. The number of hydrogen-bond acceptors (Lipinski definition) is 5. The van der Waals surface area contributed by atoms with Crippen LogP contribution < -0.4 is 10.1 Å². The molecule has 0 saturated carbocycles. The molecule has 2 aromatic heterocycles. The van der Waals surface area contributed by atoms with Crippen LogP contribution in [0.3, 0.4) is 0 Å². The minimum Gasteiger partial charge on any atom is -0.497 e. The number of hydrogen-bond donors (Lipinski definition) is 1. The van der Waals surface area contributed by atoms with Gasteiger partial charge in [0.15, 0.2) is 5.82 Å². The summed E-state index contributed by atoms with van der Waals surface area (Å²) in [5.41, 5.74) is 2.19. The van der Waals surface area contributed by atoms with Gasteiger partial charge in [-0.25, -0.2) is 9.97 Å². The van der Waals surface area contributed by atoms with E-state index in [-0.39, 0.29) is 0 Å². The molecular weight excluding hydrogens is 282 g/mol. The molecule has 1 aromatic carbocycles. The fourth-order valence-corrected chi connectivity index (χ4v) is 3.19. The zero-order chi connectivity index (χ0) is 15.0. The molecule has 0 aliphatic heterocycles. The lowest BCUT2D eigenvalue weighted by atomic mass is 10.2. The molecule has 0 aliphatic rings. The minimum atomic E-state index is 0.762. The number of benzene rings is 1. The first-order chi connectivity index (χ1) is 10.1. The second-order valence-electron chi connectivity index (χ2n) is 4.88. The summed E-state index contributed by atoms with van der Waals surface area (Å²) < 4.78 is 5.27. The molecule has 0 amide bonds. The Kier molecular flexibility index (Phi) is 3.51. The van der Waals surface area contributed by atoms with Crippen molar-refractivity contribution in [2.75, 3.05) is 19.5 Å². The highest BCUT2D eigenvalue weighted by molar-refractivity contribution is 7.15. The summed E-state index contributed by atoms with van der Waals surface area (Å²) in [6.45, 7) is 4.23. The van der Waals surface area contributed by atoms with Gasteiger partial charge in [0.05, 0.1) is 17.5 Å². The van der Waals surface area contributed by atoms with E-state index in [0.717, 1.165) is 33.2 Å². The van der Waals surface area contributed by atoms with Crippen molar-refractivity contribution in [3.63, 3.8) is 0 Å². The summed E-state index contributed by atoms with van der Waals surface area (Å²) in [7, 11) is 3.53. The van der Waals surface area contributed by atoms with Crippen LogP contribution in [-0.4, -0.2) is 24.1 Å². The van der Waals surface area contributed by atoms with Crippen LogP contribution in [0.1, 0.15) is 10.4 Å². The van der Waals surface area contributed by atoms with Gasteiger partial charge in [0, 0.05) is 17.3 Å². The molecule has 1 N–H and O–H groups in total. The van der Waals surface area contributed by atoms with Crippen LogP contribution >= 0.6 is 11.3 Å². The zero-order valence-corrected chi connectivity index (χ0v) is 13.3. The van der Waals surface area contributed by atoms with E-state index >= 15 is 0 Å². The van der Waals surface area contributed by atoms with Crippen molar-refractivity contribution in [3.8, 4) is 16.5 Å². The van der Waals surface area contributed by atoms with E-state index in [9.17, 15) is 0 Å². The summed E-state index contributed by atoms with van der Waals surface area (Å²) in [6.07, 6.45) is 0. The highest BCUT2D eigenvalue weighted by Gasteiger charge is 2.12. The number of thiophene rings is 1. The average Bonchev–Trinajstić information content (AvgIpc) is 2.85. The Balaban J connectivity index is 2.21. The molecule has 3 aromatic rings. The number of fused-ring (bicyclic) bond motifs is 1. The van der Waals surface area contributed by atoms with Crippen molar-refractivity contribution in [2.24, 2.45) is 0 Å². The van der Waals surface area contributed by atoms with E-state index in [0.29, 0.717) is 0 Å². The number of nitrogens with one attached hydrogen (secondary N) is 1. The van der Waals surface area contributed by atoms with Gasteiger partial charge >= 0.3 is 0 Å². The monoisotopic (exact) mass is 299 g/mol. The van der Waals surface area contributed by atoms with Crippen molar-refractivity contribution in [2.45, 2.75) is 13.8 Å². The predicted octanol–water partition coefficient (Wildman–Crippen LogP) is 4.03. The topological polar surface area (TPSA) is 47.0 Å². The Bertz CT molecular complexity index is 791. The van der Waals surface area contributed by atoms with E-state index < -0.39 is 0 Å². The maximum absolute atomic E-state index is 5.27. The van der Waals surface area contributed by atoms with Crippen LogP contribution in [-0.2, 0) is 0 Å². The second-order valence-corrected chi connectivity index (χ2v) is 6.14. The Morgan fingerprint density at radius 3 is 2.57 bits per heavy atom. The summed E-state index contributed by atoms with van der Waals surface area (Å²) in [6, 6.07) is 7.98. The molecule has 0 aliphatic carbocycles. The largest absolute Gasteiger partial charge is 0.497 e. The van der Waals surface area contributed by atoms with E-state index in [4.69, 9.17) is 4.74 Å². The third-order valence-electron chi connectivity index (χ3n) is 3.53. The van der Waals surface area contributed by atoms with Crippen LogP contribution in [0.25, 0.3) is 21.6 Å². The van der Waals surface area contributed by atoms with Crippen molar-refractivity contribution >= 4 is 28.1 Å². The number of methoxy groups -OCH3 is 1. The van der Waals surface area contributed by atoms with Crippen molar-refractivity contribution in [1.82, 2.24) is 9.97 Å². The molecule has 0 fully saturated rings. The van der Waals surface area contributed by atoms with Crippen molar-refractivity contribution in [3.05, 3.63) is 34.7 Å². The number of nitrogens with zero attached hydrogens (tertiary/aromatic N) is 2. The van der Waals surface area contributed by atoms with Crippen LogP contribution in [0.4, 0.5) is 5.82 Å². The normalized spacial score (nSPS) is 10.9. The van der Waals surface area contributed by atoms with E-state index in [1.165, 1.54) is 10.4 Å². The standard InChI is InChI=1S/C16H17N3OS/c1-9-7-14(21-10(9)2)16-18-13-6-5-11(20-4)8-12(13)15(17-3)19-16/h5-8H,1-4H3,(H,17,18,19). The number of aryl methyl sites for hydroxylation is 2. The highest BCUT2D eigenvalue weighted by Crippen LogP contribution is 2.32. The number of aromatic nitrogens is 2. The van der Waals surface area contributed by atoms with Gasteiger partial charge in [-0.3, -0.25) is 0 Å². The molecule has 0 unspecified atom stereocenters. The van der Waals surface area contributed by atoms with Crippen LogP contribution in [0.5, 0.6) is 5.75 Å². The number of ether oxygens (including phenoxy) is 1. The van der Waals surface area contributed by atoms with Gasteiger partial charge in [0.25, 0.3) is 0 Å². The van der Waals surface area contributed by atoms with Crippen LogP contribution in [0, 0.1) is 13.8 Å². The van der Waals surface area contributed by atoms with Crippen molar-refractivity contribution < 1.29 is 4.74 Å². The molecule has 5 heteroatoms. The van der Waals surface area contributed by atoms with Gasteiger partial charge in [-0.2, -0.15) is 0 Å². The van der Waals surface area contributed by atoms with Gasteiger partial charge in [0.1, 0.15) is 11.6 Å². The summed E-state index contributed by atoms with van der Waals surface area (Å²) in [5, 5.41) is 4.11. The lowest BCUT2D eigenvalue weighted by molar-refractivity contribution is 0.415. The molecule has 4 nitrogen and oxygen atoms in total. The fraction of sp³-hybridized carbons (Fsp3) is 0.250. The molecule has 2 heterocycles. The van der Waals surface area contributed by atoms with E-state index in [1.807, 2.05) is 25.2 Å². The molecule has 3 rings (SSSR count). The first-order valence-corrected chi connectivity index (χ1v) is 7.55. The zero-order valence-electron chi connectivity index (χ0n) is 12.5. The Morgan fingerprint density at radius 1 is 1.14 bits per heavy atom. The lowest BCUT2D eigenvalue weighted by Crippen LogP contribution is -1.98. The second kappa shape index (κ2) is 5.33. The molecule has 108 valence electrons. The first-order valence-electron chi connectivity index (χ1n) is 6.73. The van der Waals surface area contributed by atoms with Gasteiger partial charge in [-0.15, -0.1) is 11.3 Å². The molecular formula is C16H17N3OS. The molecule has 0 saturated heterocycles. The molecule has 0 bridgehead atoms. The average molecular weight is 299 g/mol. The molecule has 0 atom stereocenters. The van der Waals surface area contributed by atoms with Crippen LogP contribution in [0.2, 0.25) is 0 Å². The quantitative estimate of drug-likeness (QED) is 0.793. The maximum atomic E-state index is 5.27. The van der Waals surface area contributed by atoms with Gasteiger partial charge in [0.2, 0.25) is 0 Å². The van der Waals surface area contributed by atoms with Crippen molar-refractivity contribution in [1.29, 1.82) is 0 Å². The molecule has 0 radical (unpaired) electrons. The number of anilines is 1. The van der Waals surface area contributed by atoms with Gasteiger partial charge in [-0.1, -0.05) is 0 Å². The highest BCUT2D eigenvalue weighted by atomic mass is 32.1. The minimum absolute atomic E-state index is 0.762. The van der Waals surface area contributed by atoms with E-state index in [2.05, 4.69) is 35.2 Å². The van der Waals surface area contributed by atoms with Crippen LogP contribution in [0.15, 0.2) is 24.3 Å². The first kappa shape index (κ1) is 13.8. The summed E-state index contributed by atoms with van der Waals surface area (Å²) >= 11 is 1.73. The third kappa shape index (κ3) is 2.45. The fourth-order valence-electron chi connectivity index (χ4n) is 2.22.